The normalized spacial score (nSPS) is 25.4. The van der Waals surface area contributed by atoms with E-state index in [-0.39, 0.29) is 49.0 Å². The number of aliphatic hydroxyl groups is 8. The van der Waals surface area contributed by atoms with E-state index in [0.29, 0.717) is 85.2 Å². The molecule has 0 spiro atoms. The maximum Gasteiger partial charge on any atom is 0.307 e. The van der Waals surface area contributed by atoms with Crippen LogP contribution in [0.2, 0.25) is 0 Å². The first kappa shape index (κ1) is 53.8. The van der Waals surface area contributed by atoms with Gasteiger partial charge in [-0.2, -0.15) is 0 Å². The highest BCUT2D eigenvalue weighted by Gasteiger charge is 2.46. The molecular weight excluding hydrogens is 941 g/mol. The van der Waals surface area contributed by atoms with Gasteiger partial charge in [0.05, 0.1) is 26.1 Å². The SMILES string of the molecule is O=C(O)Cc1cccc(-c2cc(CCCC(=O)N3CCN(C(=O)CCCc4ccc(OC5OC(CO)C(O)C(O)C5O)c(-c5cccc(CC(=O)O)c5)c4)CC3)ccc2OC2OC(CO)C(O)C(O)C2O)c1. The zero-order valence-corrected chi connectivity index (χ0v) is 39.4. The molecule has 10 unspecified atom stereocenters. The lowest BCUT2D eigenvalue weighted by Crippen LogP contribution is -2.60. The fraction of sp³-hybridized carbons (Fsp3) is 0.462. The molecule has 72 heavy (non-hydrogen) atoms. The van der Waals surface area contributed by atoms with Gasteiger partial charge in [-0.3, -0.25) is 19.2 Å². The molecule has 0 aromatic heterocycles. The number of hydrogen-bond donors (Lipinski definition) is 10. The number of ether oxygens (including phenoxy) is 4. The third-order valence-electron chi connectivity index (χ3n) is 13.2. The highest BCUT2D eigenvalue weighted by molar-refractivity contribution is 5.79. The van der Waals surface area contributed by atoms with Crippen molar-refractivity contribution in [2.45, 2.75) is 113 Å². The molecule has 3 fully saturated rings. The molecule has 3 aliphatic rings. The number of hydrogen-bond acceptors (Lipinski definition) is 16. The molecule has 20 heteroatoms. The molecule has 7 rings (SSSR count). The molecule has 0 bridgehead atoms. The Labute approximate surface area is 414 Å². The summed E-state index contributed by atoms with van der Waals surface area (Å²) in [5.41, 5.74) is 4.95. The van der Waals surface area contributed by atoms with Gasteiger partial charge in [-0.1, -0.05) is 60.7 Å². The van der Waals surface area contributed by atoms with Crippen molar-refractivity contribution >= 4 is 23.8 Å². The third kappa shape index (κ3) is 13.3. The number of nitrogens with zero attached hydrogens (tertiary/aromatic N) is 2. The van der Waals surface area contributed by atoms with Crippen LogP contribution >= 0.6 is 0 Å². The van der Waals surface area contributed by atoms with Gasteiger partial charge in [0.25, 0.3) is 0 Å². The molecule has 0 saturated carbocycles. The number of aryl methyl sites for hydroxylation is 2. The molecule has 10 atom stereocenters. The topological polar surface area (TPSA) is 314 Å². The quantitative estimate of drug-likeness (QED) is 0.0581. The van der Waals surface area contributed by atoms with Crippen LogP contribution in [-0.2, 0) is 54.3 Å². The van der Waals surface area contributed by atoms with E-state index in [2.05, 4.69) is 0 Å². The van der Waals surface area contributed by atoms with E-state index in [1.807, 2.05) is 12.1 Å². The number of piperazine rings is 1. The van der Waals surface area contributed by atoms with Crippen molar-refractivity contribution in [3.05, 3.63) is 107 Å². The van der Waals surface area contributed by atoms with Gasteiger partial charge in [-0.05, 0) is 83.3 Å². The molecule has 388 valence electrons. The fourth-order valence-corrected chi connectivity index (χ4v) is 9.16. The number of benzene rings is 4. The van der Waals surface area contributed by atoms with Gasteiger partial charge < -0.3 is 79.8 Å². The minimum absolute atomic E-state index is 0.0606. The van der Waals surface area contributed by atoms with Crippen LogP contribution in [0.1, 0.15) is 47.9 Å². The van der Waals surface area contributed by atoms with Gasteiger partial charge in [-0.25, -0.2) is 0 Å². The van der Waals surface area contributed by atoms with Crippen LogP contribution in [0.15, 0.2) is 84.9 Å². The number of aliphatic hydroxyl groups excluding tert-OH is 8. The zero-order valence-electron chi connectivity index (χ0n) is 39.4. The van der Waals surface area contributed by atoms with Gasteiger partial charge in [0.15, 0.2) is 0 Å². The summed E-state index contributed by atoms with van der Waals surface area (Å²) >= 11 is 0. The van der Waals surface area contributed by atoms with E-state index in [9.17, 15) is 70.2 Å². The Bertz CT molecular complexity index is 2340. The first-order valence-corrected chi connectivity index (χ1v) is 23.9. The molecule has 3 aliphatic heterocycles. The highest BCUT2D eigenvalue weighted by Crippen LogP contribution is 2.37. The van der Waals surface area contributed by atoms with Gasteiger partial charge in [0.2, 0.25) is 24.4 Å². The molecule has 2 amide bonds. The minimum Gasteiger partial charge on any atom is -0.481 e. The maximum atomic E-state index is 13.4. The molecule has 20 nitrogen and oxygen atoms in total. The van der Waals surface area contributed by atoms with Crippen molar-refractivity contribution in [1.82, 2.24) is 9.80 Å². The number of rotatable bonds is 20. The van der Waals surface area contributed by atoms with E-state index in [1.54, 1.807) is 82.6 Å². The minimum atomic E-state index is -1.66. The Balaban J connectivity index is 0.928. The Morgan fingerprint density at radius 3 is 1.25 bits per heavy atom. The van der Waals surface area contributed by atoms with Crippen molar-refractivity contribution in [3.63, 3.8) is 0 Å². The van der Waals surface area contributed by atoms with Crippen molar-refractivity contribution in [1.29, 1.82) is 0 Å². The molecule has 3 saturated heterocycles. The third-order valence-corrected chi connectivity index (χ3v) is 13.2. The van der Waals surface area contributed by atoms with Crippen molar-refractivity contribution in [2.75, 3.05) is 39.4 Å². The van der Waals surface area contributed by atoms with Gasteiger partial charge >= 0.3 is 11.9 Å². The molecule has 0 radical (unpaired) electrons. The lowest BCUT2D eigenvalue weighted by Gasteiger charge is -2.39. The first-order chi connectivity index (χ1) is 34.5. The van der Waals surface area contributed by atoms with Crippen LogP contribution in [0.25, 0.3) is 22.3 Å². The summed E-state index contributed by atoms with van der Waals surface area (Å²) in [6.07, 6.45) is -13.1. The van der Waals surface area contributed by atoms with Crippen molar-refractivity contribution in [2.24, 2.45) is 0 Å². The summed E-state index contributed by atoms with van der Waals surface area (Å²) in [6, 6.07) is 24.1. The predicted molar refractivity (Wildman–Crippen MR) is 254 cm³/mol. The van der Waals surface area contributed by atoms with Crippen LogP contribution in [0.5, 0.6) is 11.5 Å². The van der Waals surface area contributed by atoms with Gasteiger partial charge in [0.1, 0.15) is 60.3 Å². The Morgan fingerprint density at radius 2 is 0.889 bits per heavy atom. The Hall–Kier alpha value is -6.04. The summed E-state index contributed by atoms with van der Waals surface area (Å²) in [5, 5.41) is 101. The van der Waals surface area contributed by atoms with E-state index in [0.717, 1.165) is 11.1 Å². The van der Waals surface area contributed by atoms with E-state index in [1.165, 1.54) is 0 Å². The molecule has 4 aromatic rings. The fourth-order valence-electron chi connectivity index (χ4n) is 9.16. The number of carboxylic acids is 2. The second kappa shape index (κ2) is 24.6. The van der Waals surface area contributed by atoms with Crippen molar-refractivity contribution < 1.29 is 89.2 Å². The maximum absolute atomic E-state index is 13.4. The van der Waals surface area contributed by atoms with Crippen LogP contribution in [-0.4, -0.2) is 185 Å². The predicted octanol–water partition coefficient (Wildman–Crippen LogP) is 0.649. The summed E-state index contributed by atoms with van der Waals surface area (Å²) in [7, 11) is 0. The molecular formula is C52H62N2O18. The average molecular weight is 1000 g/mol. The monoisotopic (exact) mass is 1000 g/mol. The summed E-state index contributed by atoms with van der Waals surface area (Å²) in [6.45, 7) is 0.188. The number of carbonyl (C=O) groups is 4. The Morgan fingerprint density at radius 1 is 0.500 bits per heavy atom. The molecule has 10 N–H and O–H groups in total. The number of amides is 2. The summed E-state index contributed by atoms with van der Waals surface area (Å²) < 4.78 is 23.2. The van der Waals surface area contributed by atoms with Crippen LogP contribution in [0.3, 0.4) is 0 Å². The van der Waals surface area contributed by atoms with Gasteiger partial charge in [-0.15, -0.1) is 0 Å². The summed E-state index contributed by atoms with van der Waals surface area (Å²) in [4.78, 5) is 53.3. The lowest BCUT2D eigenvalue weighted by atomic mass is 9.96. The average Bonchev–Trinajstić information content (AvgIpc) is 3.37. The van der Waals surface area contributed by atoms with Crippen molar-refractivity contribution in [3.8, 4) is 33.8 Å². The molecule has 0 aliphatic carbocycles. The highest BCUT2D eigenvalue weighted by atomic mass is 16.7. The van der Waals surface area contributed by atoms with Gasteiger partial charge in [0, 0.05) is 50.1 Å². The van der Waals surface area contributed by atoms with Crippen LogP contribution in [0, 0.1) is 0 Å². The smallest absolute Gasteiger partial charge is 0.307 e. The largest absolute Gasteiger partial charge is 0.481 e. The Kier molecular flexibility index (Phi) is 18.4. The second-order valence-electron chi connectivity index (χ2n) is 18.3. The molecule has 4 aromatic carbocycles. The van der Waals surface area contributed by atoms with Crippen LogP contribution < -0.4 is 9.47 Å². The first-order valence-electron chi connectivity index (χ1n) is 23.9. The van der Waals surface area contributed by atoms with Crippen LogP contribution in [0.4, 0.5) is 0 Å². The number of carbonyl (C=O) groups excluding carboxylic acids is 2. The molecule has 3 heterocycles. The zero-order chi connectivity index (χ0) is 51.6. The lowest BCUT2D eigenvalue weighted by molar-refractivity contribution is -0.277. The second-order valence-corrected chi connectivity index (χ2v) is 18.3. The van der Waals surface area contributed by atoms with E-state index >= 15 is 0 Å². The van der Waals surface area contributed by atoms with E-state index in [4.69, 9.17) is 18.9 Å². The summed E-state index contributed by atoms with van der Waals surface area (Å²) in [5.74, 6) is -1.71. The number of carboxylic acid groups (broad SMARTS) is 2. The standard InChI is InChI=1S/C52H62N2O18/c55-27-39-45(63)47(65)49(67)51(71-39)69-37-15-13-29(23-35(37)33-9-1-7-31(21-33)25-43(59)60)5-3-11-41(57)53-17-19-54(20-18-53)42(58)12-4-6-30-14-16-38(70-52-50(68)48(66)46(64)40(28-56)72-52)36(24-30)34-10-2-8-32(22-34)26-44(61)62/h1-2,7-10,13-16,21-24,39-40,45-52,55-56,63-68H,3-6,11-12,17-20,25-28H2,(H,59,60)(H,61,62). The number of aliphatic carboxylic acids is 2. The van der Waals surface area contributed by atoms with E-state index < -0.39 is 86.6 Å².